The van der Waals surface area contributed by atoms with E-state index in [0.717, 1.165) is 0 Å². The number of rotatable bonds is 6. The molecule has 0 heterocycles. The van der Waals surface area contributed by atoms with Crippen LogP contribution in [0.3, 0.4) is 0 Å². The second-order valence-electron chi connectivity index (χ2n) is 4.74. The number of hydrogen-bond donors (Lipinski definition) is 2. The van der Waals surface area contributed by atoms with Crippen molar-refractivity contribution >= 4 is 17.6 Å². The molecule has 0 spiro atoms. The van der Waals surface area contributed by atoms with Gasteiger partial charge in [0.1, 0.15) is 6.07 Å². The number of hydrogen-bond acceptors (Lipinski definition) is 5. The predicted octanol–water partition coefficient (Wildman–Crippen LogP) is 2.21. The average Bonchev–Trinajstić information content (AvgIpc) is 2.48. The molecule has 6 heteroatoms. The quantitative estimate of drug-likeness (QED) is 0.477. The van der Waals surface area contributed by atoms with Crippen molar-refractivity contribution in [1.29, 1.82) is 5.26 Å². The zero-order valence-corrected chi connectivity index (χ0v) is 12.8. The lowest BCUT2D eigenvalue weighted by atomic mass is 10.1. The molecular weight excluding hydrogens is 282 g/mol. The fourth-order valence-corrected chi connectivity index (χ4v) is 1.60. The topological polar surface area (TPSA) is 91.2 Å². The zero-order chi connectivity index (χ0) is 16.5. The van der Waals surface area contributed by atoms with Crippen molar-refractivity contribution in [3.8, 4) is 6.07 Å². The molecule has 0 atom stereocenters. The fraction of sp³-hybridized carbons (Fsp3) is 0.312. The summed E-state index contributed by atoms with van der Waals surface area (Å²) in [6, 6.07) is 8.56. The fourth-order valence-electron chi connectivity index (χ4n) is 1.60. The highest BCUT2D eigenvalue weighted by Crippen LogP contribution is 2.11. The molecule has 0 aromatic heterocycles. The Morgan fingerprint density at radius 3 is 2.73 bits per heavy atom. The number of esters is 1. The first-order chi connectivity index (χ1) is 10.5. The molecule has 2 N–H and O–H groups in total. The third-order valence-electron chi connectivity index (χ3n) is 2.54. The van der Waals surface area contributed by atoms with Crippen molar-refractivity contribution in [3.63, 3.8) is 0 Å². The zero-order valence-electron chi connectivity index (χ0n) is 12.8. The minimum atomic E-state index is -0.689. The van der Waals surface area contributed by atoms with Crippen LogP contribution in [-0.2, 0) is 9.53 Å². The smallest absolute Gasteiger partial charge is 0.350 e. The van der Waals surface area contributed by atoms with Crippen molar-refractivity contribution in [2.24, 2.45) is 0 Å². The first-order valence-electron chi connectivity index (χ1n) is 6.92. The number of nitrogens with zero attached hydrogens (tertiary/aromatic N) is 1. The summed E-state index contributed by atoms with van der Waals surface area (Å²) in [6.45, 7) is 5.61. The van der Waals surface area contributed by atoms with E-state index in [1.165, 1.54) is 6.20 Å². The number of anilines is 1. The van der Waals surface area contributed by atoms with Gasteiger partial charge in [-0.2, -0.15) is 5.26 Å². The van der Waals surface area contributed by atoms with Gasteiger partial charge < -0.3 is 15.4 Å². The van der Waals surface area contributed by atoms with Gasteiger partial charge >= 0.3 is 5.97 Å². The summed E-state index contributed by atoms with van der Waals surface area (Å²) in [5.74, 6) is -0.875. The molecule has 6 nitrogen and oxygen atoms in total. The van der Waals surface area contributed by atoms with Crippen LogP contribution in [0.25, 0.3) is 0 Å². The molecular formula is C16H19N3O3. The maximum atomic E-state index is 11.9. The highest BCUT2D eigenvalue weighted by Gasteiger charge is 2.10. The Morgan fingerprint density at radius 1 is 1.41 bits per heavy atom. The standard InChI is InChI=1S/C16H19N3O3/c1-4-22-16(21)13(9-17)10-18-14-7-5-6-12(8-14)15(20)19-11(2)3/h5-8,10-11,18H,4H2,1-3H3,(H,19,20)/b13-10-. The van der Waals surface area contributed by atoms with Crippen LogP contribution >= 0.6 is 0 Å². The predicted molar refractivity (Wildman–Crippen MR) is 83.0 cm³/mol. The SMILES string of the molecule is CCOC(=O)/C(C#N)=C\Nc1cccc(C(=O)NC(C)C)c1. The van der Waals surface area contributed by atoms with E-state index >= 15 is 0 Å². The normalized spacial score (nSPS) is 10.8. The summed E-state index contributed by atoms with van der Waals surface area (Å²) in [5.41, 5.74) is 0.939. The lowest BCUT2D eigenvalue weighted by molar-refractivity contribution is -0.138. The van der Waals surface area contributed by atoms with Gasteiger partial charge in [0.2, 0.25) is 0 Å². The van der Waals surface area contributed by atoms with Crippen molar-refractivity contribution < 1.29 is 14.3 Å². The first kappa shape index (κ1) is 17.2. The average molecular weight is 301 g/mol. The number of amides is 1. The monoisotopic (exact) mass is 301 g/mol. The van der Waals surface area contributed by atoms with Gasteiger partial charge in [0.15, 0.2) is 5.57 Å². The van der Waals surface area contributed by atoms with Gasteiger partial charge in [-0.1, -0.05) is 6.07 Å². The molecule has 116 valence electrons. The third-order valence-corrected chi connectivity index (χ3v) is 2.54. The van der Waals surface area contributed by atoms with Crippen LogP contribution in [-0.4, -0.2) is 24.5 Å². The lowest BCUT2D eigenvalue weighted by Gasteiger charge is -2.09. The van der Waals surface area contributed by atoms with E-state index in [0.29, 0.717) is 11.3 Å². The Morgan fingerprint density at radius 2 is 2.14 bits per heavy atom. The molecule has 1 aromatic rings. The highest BCUT2D eigenvalue weighted by atomic mass is 16.5. The summed E-state index contributed by atoms with van der Waals surface area (Å²) in [6.07, 6.45) is 1.26. The summed E-state index contributed by atoms with van der Waals surface area (Å²) in [7, 11) is 0. The molecule has 0 fully saturated rings. The maximum absolute atomic E-state index is 11.9. The van der Waals surface area contributed by atoms with Crippen LogP contribution in [0, 0.1) is 11.3 Å². The first-order valence-corrected chi connectivity index (χ1v) is 6.92. The maximum Gasteiger partial charge on any atom is 0.350 e. The number of benzene rings is 1. The number of ether oxygens (including phenoxy) is 1. The Balaban J connectivity index is 2.84. The summed E-state index contributed by atoms with van der Waals surface area (Å²) in [5, 5.41) is 14.5. The molecule has 0 aliphatic heterocycles. The van der Waals surface area contributed by atoms with Gasteiger partial charge in [-0.15, -0.1) is 0 Å². The van der Waals surface area contributed by atoms with E-state index in [1.807, 2.05) is 13.8 Å². The number of nitrogens with one attached hydrogen (secondary N) is 2. The molecule has 0 unspecified atom stereocenters. The molecule has 0 saturated heterocycles. The Labute approximate surface area is 129 Å². The minimum Gasteiger partial charge on any atom is -0.462 e. The van der Waals surface area contributed by atoms with Crippen LogP contribution < -0.4 is 10.6 Å². The molecule has 1 aromatic carbocycles. The van der Waals surface area contributed by atoms with Gasteiger partial charge in [0.25, 0.3) is 5.91 Å². The molecule has 1 rings (SSSR count). The molecule has 0 bridgehead atoms. The molecule has 0 aliphatic rings. The van der Waals surface area contributed by atoms with E-state index < -0.39 is 5.97 Å². The molecule has 22 heavy (non-hydrogen) atoms. The molecule has 0 saturated carbocycles. The summed E-state index contributed by atoms with van der Waals surface area (Å²) >= 11 is 0. The van der Waals surface area contributed by atoms with Gasteiger partial charge in [-0.25, -0.2) is 4.79 Å². The Kier molecular flexibility index (Phi) is 6.64. The van der Waals surface area contributed by atoms with Gasteiger partial charge in [0.05, 0.1) is 6.61 Å². The molecule has 1 amide bonds. The number of nitriles is 1. The van der Waals surface area contributed by atoms with E-state index in [4.69, 9.17) is 10.00 Å². The summed E-state index contributed by atoms with van der Waals surface area (Å²) in [4.78, 5) is 23.4. The summed E-state index contributed by atoms with van der Waals surface area (Å²) < 4.78 is 4.76. The second kappa shape index (κ2) is 8.47. The van der Waals surface area contributed by atoms with E-state index in [9.17, 15) is 9.59 Å². The van der Waals surface area contributed by atoms with Crippen molar-refractivity contribution in [2.75, 3.05) is 11.9 Å². The Bertz CT molecular complexity index is 615. The van der Waals surface area contributed by atoms with Crippen LogP contribution in [0.5, 0.6) is 0 Å². The van der Waals surface area contributed by atoms with Crippen LogP contribution in [0.4, 0.5) is 5.69 Å². The molecule has 0 radical (unpaired) electrons. The Hall–Kier alpha value is -2.81. The van der Waals surface area contributed by atoms with E-state index in [2.05, 4.69) is 10.6 Å². The van der Waals surface area contributed by atoms with Crippen molar-refractivity contribution in [2.45, 2.75) is 26.8 Å². The van der Waals surface area contributed by atoms with Crippen molar-refractivity contribution in [3.05, 3.63) is 41.6 Å². The van der Waals surface area contributed by atoms with E-state index in [1.54, 1.807) is 37.3 Å². The van der Waals surface area contributed by atoms with Crippen LogP contribution in [0.15, 0.2) is 36.0 Å². The van der Waals surface area contributed by atoms with Crippen LogP contribution in [0.1, 0.15) is 31.1 Å². The minimum absolute atomic E-state index is 0.0398. The van der Waals surface area contributed by atoms with Gasteiger partial charge in [0, 0.05) is 23.5 Å². The van der Waals surface area contributed by atoms with Crippen molar-refractivity contribution in [1.82, 2.24) is 5.32 Å². The third kappa shape index (κ3) is 5.29. The number of carbonyl (C=O) groups is 2. The number of carbonyl (C=O) groups excluding carboxylic acids is 2. The van der Waals surface area contributed by atoms with Gasteiger partial charge in [-0.05, 0) is 39.0 Å². The van der Waals surface area contributed by atoms with E-state index in [-0.39, 0.29) is 24.1 Å². The lowest BCUT2D eigenvalue weighted by Crippen LogP contribution is -2.30. The highest BCUT2D eigenvalue weighted by molar-refractivity contribution is 5.95. The van der Waals surface area contributed by atoms with Crippen LogP contribution in [0.2, 0.25) is 0 Å². The molecule has 0 aliphatic carbocycles. The van der Waals surface area contributed by atoms with Gasteiger partial charge in [-0.3, -0.25) is 4.79 Å². The second-order valence-corrected chi connectivity index (χ2v) is 4.74. The largest absolute Gasteiger partial charge is 0.462 e.